The van der Waals surface area contributed by atoms with E-state index in [1.165, 1.54) is 11.1 Å². The molecule has 2 nitrogen and oxygen atoms in total. The Morgan fingerprint density at radius 3 is 2.11 bits per heavy atom. The lowest BCUT2D eigenvalue weighted by Gasteiger charge is -2.34. The van der Waals surface area contributed by atoms with Crippen molar-refractivity contribution in [2.24, 2.45) is 0 Å². The van der Waals surface area contributed by atoms with E-state index >= 15 is 0 Å². The van der Waals surface area contributed by atoms with Crippen molar-refractivity contribution in [3.8, 4) is 11.5 Å². The van der Waals surface area contributed by atoms with Crippen LogP contribution in [-0.4, -0.2) is 5.79 Å². The summed E-state index contributed by atoms with van der Waals surface area (Å²) in [4.78, 5) is 0. The van der Waals surface area contributed by atoms with Crippen LogP contribution in [0.5, 0.6) is 11.5 Å². The molecule has 0 bridgehead atoms. The molecule has 1 atom stereocenters. The van der Waals surface area contributed by atoms with Crippen LogP contribution in [0.15, 0.2) is 48.5 Å². The molecule has 2 aromatic rings. The van der Waals surface area contributed by atoms with E-state index in [1.807, 2.05) is 24.3 Å². The monoisotopic (exact) mass is 238 g/mol. The van der Waals surface area contributed by atoms with Crippen molar-refractivity contribution in [3.05, 3.63) is 59.7 Å². The van der Waals surface area contributed by atoms with Gasteiger partial charge in [0.2, 0.25) is 0 Å². The van der Waals surface area contributed by atoms with E-state index in [4.69, 9.17) is 9.47 Å². The minimum absolute atomic E-state index is 0.474. The zero-order valence-electron chi connectivity index (χ0n) is 10.1. The summed E-state index contributed by atoms with van der Waals surface area (Å²) in [5, 5.41) is 0. The van der Waals surface area contributed by atoms with Crippen LogP contribution in [0.3, 0.4) is 0 Å². The van der Waals surface area contributed by atoms with Gasteiger partial charge < -0.3 is 9.47 Å². The lowest BCUT2D eigenvalue weighted by Crippen LogP contribution is -2.43. The Hall–Kier alpha value is -1.96. The van der Waals surface area contributed by atoms with Gasteiger partial charge in [0.1, 0.15) is 11.5 Å². The third-order valence-electron chi connectivity index (χ3n) is 3.77. The molecule has 0 N–H and O–H groups in total. The SMILES string of the molecule is c1ccc2c(c1)CCC1(Cc3ccccc3O1)O2. The number of benzene rings is 2. The minimum Gasteiger partial charge on any atom is -0.452 e. The summed E-state index contributed by atoms with van der Waals surface area (Å²) in [6, 6.07) is 16.4. The Bertz CT molecular complexity index is 579. The van der Waals surface area contributed by atoms with Crippen LogP contribution in [0, 0.1) is 0 Å². The molecule has 4 rings (SSSR count). The zero-order valence-corrected chi connectivity index (χ0v) is 10.1. The summed E-state index contributed by atoms with van der Waals surface area (Å²) in [6.07, 6.45) is 2.78. The Morgan fingerprint density at radius 1 is 0.778 bits per heavy atom. The van der Waals surface area contributed by atoms with Gasteiger partial charge in [-0.3, -0.25) is 0 Å². The Balaban J connectivity index is 1.70. The third-order valence-corrected chi connectivity index (χ3v) is 3.77. The molecule has 2 aliphatic heterocycles. The van der Waals surface area contributed by atoms with Gasteiger partial charge in [0, 0.05) is 12.0 Å². The smallest absolute Gasteiger partial charge is 0.255 e. The highest BCUT2D eigenvalue weighted by atomic mass is 16.7. The average molecular weight is 238 g/mol. The Kier molecular flexibility index (Phi) is 1.95. The van der Waals surface area contributed by atoms with Crippen molar-refractivity contribution in [1.82, 2.24) is 0 Å². The normalized spacial score (nSPS) is 24.0. The fraction of sp³-hybridized carbons (Fsp3) is 0.250. The summed E-state index contributed by atoms with van der Waals surface area (Å²) in [7, 11) is 0. The van der Waals surface area contributed by atoms with E-state index in [2.05, 4.69) is 24.3 Å². The summed E-state index contributed by atoms with van der Waals surface area (Å²) in [5.74, 6) is 1.46. The van der Waals surface area contributed by atoms with Crippen LogP contribution in [0.1, 0.15) is 17.5 Å². The van der Waals surface area contributed by atoms with E-state index in [1.54, 1.807) is 0 Å². The molecule has 2 heteroatoms. The molecule has 0 aromatic heterocycles. The van der Waals surface area contributed by atoms with Gasteiger partial charge in [-0.05, 0) is 24.1 Å². The lowest BCUT2D eigenvalue weighted by atomic mass is 9.96. The molecule has 0 aliphatic carbocycles. The van der Waals surface area contributed by atoms with Crippen molar-refractivity contribution < 1.29 is 9.47 Å². The van der Waals surface area contributed by atoms with Crippen LogP contribution in [0.25, 0.3) is 0 Å². The predicted molar refractivity (Wildman–Crippen MR) is 68.9 cm³/mol. The molecule has 0 saturated heterocycles. The molecule has 0 radical (unpaired) electrons. The highest BCUT2D eigenvalue weighted by molar-refractivity contribution is 5.41. The number of rotatable bonds is 0. The van der Waals surface area contributed by atoms with Gasteiger partial charge >= 0.3 is 0 Å². The lowest BCUT2D eigenvalue weighted by molar-refractivity contribution is -0.111. The van der Waals surface area contributed by atoms with Crippen molar-refractivity contribution >= 4 is 0 Å². The van der Waals surface area contributed by atoms with E-state index in [0.29, 0.717) is 0 Å². The molecule has 0 amide bonds. The van der Waals surface area contributed by atoms with Gasteiger partial charge in [-0.1, -0.05) is 36.4 Å². The summed E-state index contributed by atoms with van der Waals surface area (Å²) in [6.45, 7) is 0. The zero-order chi connectivity index (χ0) is 12.0. The first-order valence-electron chi connectivity index (χ1n) is 6.39. The van der Waals surface area contributed by atoms with Crippen molar-refractivity contribution in [2.75, 3.05) is 0 Å². The maximum atomic E-state index is 6.14. The summed E-state index contributed by atoms with van der Waals surface area (Å²) in [5.41, 5.74) is 2.53. The first-order chi connectivity index (χ1) is 8.85. The largest absolute Gasteiger partial charge is 0.452 e. The van der Waals surface area contributed by atoms with Crippen molar-refractivity contribution in [1.29, 1.82) is 0 Å². The first-order valence-corrected chi connectivity index (χ1v) is 6.39. The predicted octanol–water partition coefficient (Wildman–Crippen LogP) is 3.34. The van der Waals surface area contributed by atoms with Gasteiger partial charge in [-0.2, -0.15) is 0 Å². The standard InChI is InChI=1S/C16H14O2/c1-3-7-14-12(5-1)9-10-16(17-14)11-13-6-2-4-8-15(13)18-16/h1-8H,9-11H2. The number of aryl methyl sites for hydroxylation is 1. The topological polar surface area (TPSA) is 18.5 Å². The van der Waals surface area contributed by atoms with Crippen LogP contribution < -0.4 is 9.47 Å². The molecule has 0 saturated carbocycles. The Morgan fingerprint density at radius 2 is 1.39 bits per heavy atom. The molecule has 90 valence electrons. The van der Waals surface area contributed by atoms with Crippen molar-refractivity contribution in [3.63, 3.8) is 0 Å². The maximum absolute atomic E-state index is 6.14. The first kappa shape index (κ1) is 10.0. The van der Waals surface area contributed by atoms with E-state index in [9.17, 15) is 0 Å². The Labute approximate surface area is 106 Å². The number of hydrogen-bond acceptors (Lipinski definition) is 2. The summed E-state index contributed by atoms with van der Waals surface area (Å²) >= 11 is 0. The van der Waals surface area contributed by atoms with Crippen LogP contribution in [0.4, 0.5) is 0 Å². The number of ether oxygens (including phenoxy) is 2. The van der Waals surface area contributed by atoms with Crippen molar-refractivity contribution in [2.45, 2.75) is 25.0 Å². The minimum atomic E-state index is -0.474. The number of fused-ring (bicyclic) bond motifs is 2. The van der Waals surface area contributed by atoms with Gasteiger partial charge in [0.15, 0.2) is 0 Å². The van der Waals surface area contributed by atoms with Gasteiger partial charge in [-0.25, -0.2) is 0 Å². The third kappa shape index (κ3) is 1.42. The molecule has 2 heterocycles. The highest BCUT2D eigenvalue weighted by Gasteiger charge is 2.43. The second-order valence-corrected chi connectivity index (χ2v) is 5.01. The molecule has 1 spiro atoms. The quantitative estimate of drug-likeness (QED) is 0.700. The molecular weight excluding hydrogens is 224 g/mol. The van der Waals surface area contributed by atoms with Gasteiger partial charge in [0.25, 0.3) is 5.79 Å². The molecule has 2 aromatic carbocycles. The van der Waals surface area contributed by atoms with Crippen LogP contribution in [-0.2, 0) is 12.8 Å². The average Bonchev–Trinajstić information content (AvgIpc) is 2.76. The number of para-hydroxylation sites is 2. The van der Waals surface area contributed by atoms with Gasteiger partial charge in [-0.15, -0.1) is 0 Å². The van der Waals surface area contributed by atoms with Crippen LogP contribution in [0.2, 0.25) is 0 Å². The van der Waals surface area contributed by atoms with E-state index < -0.39 is 5.79 Å². The maximum Gasteiger partial charge on any atom is 0.255 e. The molecule has 2 aliphatic rings. The fourth-order valence-corrected chi connectivity index (χ4v) is 2.86. The molecule has 18 heavy (non-hydrogen) atoms. The highest BCUT2D eigenvalue weighted by Crippen LogP contribution is 2.42. The molecule has 1 unspecified atom stereocenters. The second kappa shape index (κ2) is 3.52. The van der Waals surface area contributed by atoms with E-state index in [0.717, 1.165) is 30.8 Å². The second-order valence-electron chi connectivity index (χ2n) is 5.01. The fourth-order valence-electron chi connectivity index (χ4n) is 2.86. The van der Waals surface area contributed by atoms with E-state index in [-0.39, 0.29) is 0 Å². The molecular formula is C16H14O2. The summed E-state index contributed by atoms with van der Waals surface area (Å²) < 4.78 is 12.2. The van der Waals surface area contributed by atoms with Gasteiger partial charge in [0.05, 0.1) is 6.42 Å². The van der Waals surface area contributed by atoms with Crippen LogP contribution >= 0.6 is 0 Å². The number of hydrogen-bond donors (Lipinski definition) is 0. The molecule has 0 fully saturated rings.